The zero-order chi connectivity index (χ0) is 20.5. The van der Waals surface area contributed by atoms with Gasteiger partial charge in [-0.05, 0) is 48.1 Å². The lowest BCUT2D eigenvalue weighted by Crippen LogP contribution is -2.49. The smallest absolute Gasteiger partial charge is 0.227 e. The zero-order valence-electron chi connectivity index (χ0n) is 16.5. The fourth-order valence-corrected chi connectivity index (χ4v) is 4.43. The van der Waals surface area contributed by atoms with Gasteiger partial charge in [0.15, 0.2) is 5.82 Å². The number of halogens is 1. The Labute approximate surface area is 178 Å². The van der Waals surface area contributed by atoms with Gasteiger partial charge in [-0.3, -0.25) is 9.78 Å². The van der Waals surface area contributed by atoms with Gasteiger partial charge in [-0.2, -0.15) is 0 Å². The SMILES string of the molecule is O=C(Cc1ccc(C2CC2)c(F)c1)N1CCN(c2ccc(-c3cncs3)nn2)CC1. The third-order valence-corrected chi connectivity index (χ3v) is 6.52. The van der Waals surface area contributed by atoms with Crippen LogP contribution in [0.5, 0.6) is 0 Å². The quantitative estimate of drug-likeness (QED) is 0.629. The van der Waals surface area contributed by atoms with Crippen LogP contribution in [0.15, 0.2) is 42.0 Å². The summed E-state index contributed by atoms with van der Waals surface area (Å²) in [7, 11) is 0. The van der Waals surface area contributed by atoms with Crippen LogP contribution in [-0.4, -0.2) is 52.2 Å². The summed E-state index contributed by atoms with van der Waals surface area (Å²) in [4.78, 5) is 21.7. The van der Waals surface area contributed by atoms with E-state index in [-0.39, 0.29) is 18.1 Å². The number of carbonyl (C=O) groups is 1. The molecular weight excluding hydrogens is 401 g/mol. The maximum Gasteiger partial charge on any atom is 0.227 e. The summed E-state index contributed by atoms with van der Waals surface area (Å²) in [5.74, 6) is 1.06. The van der Waals surface area contributed by atoms with E-state index in [1.807, 2.05) is 29.2 Å². The van der Waals surface area contributed by atoms with Crippen LogP contribution in [0.1, 0.15) is 29.9 Å². The van der Waals surface area contributed by atoms with Gasteiger partial charge < -0.3 is 9.80 Å². The van der Waals surface area contributed by atoms with Crippen molar-refractivity contribution in [2.45, 2.75) is 25.2 Å². The van der Waals surface area contributed by atoms with Crippen LogP contribution in [0.4, 0.5) is 10.2 Å². The van der Waals surface area contributed by atoms with Gasteiger partial charge in [0.05, 0.1) is 16.8 Å². The molecule has 154 valence electrons. The molecule has 1 amide bonds. The summed E-state index contributed by atoms with van der Waals surface area (Å²) in [6.07, 6.45) is 4.16. The Balaban J connectivity index is 1.16. The highest BCUT2D eigenvalue weighted by molar-refractivity contribution is 7.13. The highest BCUT2D eigenvalue weighted by atomic mass is 32.1. The van der Waals surface area contributed by atoms with Crippen LogP contribution in [-0.2, 0) is 11.2 Å². The van der Waals surface area contributed by atoms with E-state index in [4.69, 9.17) is 0 Å². The zero-order valence-corrected chi connectivity index (χ0v) is 17.3. The van der Waals surface area contributed by atoms with E-state index in [1.165, 1.54) is 17.4 Å². The minimum Gasteiger partial charge on any atom is -0.352 e. The van der Waals surface area contributed by atoms with Crippen LogP contribution < -0.4 is 4.90 Å². The van der Waals surface area contributed by atoms with Gasteiger partial charge in [-0.1, -0.05) is 12.1 Å². The minimum absolute atomic E-state index is 0.0415. The fraction of sp³-hybridized carbons (Fsp3) is 0.364. The fourth-order valence-electron chi connectivity index (χ4n) is 3.84. The Bertz CT molecular complexity index is 1030. The van der Waals surface area contributed by atoms with Crippen molar-refractivity contribution in [3.8, 4) is 10.6 Å². The first-order chi connectivity index (χ1) is 14.7. The second kappa shape index (κ2) is 8.10. The predicted octanol–water partition coefficient (Wildman–Crippen LogP) is 3.51. The molecule has 2 aliphatic rings. The molecule has 1 saturated carbocycles. The van der Waals surface area contributed by atoms with Crippen molar-refractivity contribution in [2.75, 3.05) is 31.1 Å². The molecule has 0 atom stereocenters. The number of aromatic nitrogens is 3. The summed E-state index contributed by atoms with van der Waals surface area (Å²) in [5.41, 5.74) is 4.13. The lowest BCUT2D eigenvalue weighted by Gasteiger charge is -2.35. The summed E-state index contributed by atoms with van der Waals surface area (Å²) in [6.45, 7) is 2.66. The van der Waals surface area contributed by atoms with E-state index in [2.05, 4.69) is 20.1 Å². The molecular formula is C22H22FN5OS. The van der Waals surface area contributed by atoms with Crippen molar-refractivity contribution in [2.24, 2.45) is 0 Å². The topological polar surface area (TPSA) is 62.2 Å². The average Bonchev–Trinajstić information content (AvgIpc) is 3.46. The van der Waals surface area contributed by atoms with Crippen molar-refractivity contribution in [1.82, 2.24) is 20.1 Å². The van der Waals surface area contributed by atoms with E-state index in [1.54, 1.807) is 11.7 Å². The number of rotatable bonds is 5. The molecule has 0 bridgehead atoms. The molecule has 1 aliphatic carbocycles. The van der Waals surface area contributed by atoms with Crippen LogP contribution in [0.2, 0.25) is 0 Å². The summed E-state index contributed by atoms with van der Waals surface area (Å²) in [5, 5.41) is 8.64. The number of amides is 1. The summed E-state index contributed by atoms with van der Waals surface area (Å²) in [6, 6.07) is 9.19. The Hall–Kier alpha value is -2.87. The lowest BCUT2D eigenvalue weighted by molar-refractivity contribution is -0.130. The maximum absolute atomic E-state index is 14.2. The Morgan fingerprint density at radius 2 is 1.93 bits per heavy atom. The maximum atomic E-state index is 14.2. The normalized spacial score (nSPS) is 16.7. The van der Waals surface area contributed by atoms with E-state index in [9.17, 15) is 9.18 Å². The van der Waals surface area contributed by atoms with Crippen molar-refractivity contribution in [3.63, 3.8) is 0 Å². The molecule has 0 N–H and O–H groups in total. The molecule has 1 aromatic carbocycles. The number of thiazole rings is 1. The van der Waals surface area contributed by atoms with Gasteiger partial charge in [0.25, 0.3) is 0 Å². The first-order valence-electron chi connectivity index (χ1n) is 10.2. The van der Waals surface area contributed by atoms with Gasteiger partial charge in [-0.25, -0.2) is 4.39 Å². The van der Waals surface area contributed by atoms with E-state index < -0.39 is 0 Å². The first-order valence-corrected chi connectivity index (χ1v) is 11.1. The molecule has 6 nitrogen and oxygen atoms in total. The molecule has 3 aromatic rings. The van der Waals surface area contributed by atoms with Gasteiger partial charge in [0, 0.05) is 32.4 Å². The summed E-state index contributed by atoms with van der Waals surface area (Å²) >= 11 is 1.53. The third kappa shape index (κ3) is 4.05. The van der Waals surface area contributed by atoms with Crippen molar-refractivity contribution < 1.29 is 9.18 Å². The minimum atomic E-state index is -0.173. The highest BCUT2D eigenvalue weighted by Crippen LogP contribution is 2.41. The molecule has 2 fully saturated rings. The van der Waals surface area contributed by atoms with Crippen molar-refractivity contribution >= 4 is 23.1 Å². The highest BCUT2D eigenvalue weighted by Gasteiger charge is 2.27. The van der Waals surface area contributed by atoms with Gasteiger partial charge in [-0.15, -0.1) is 21.5 Å². The van der Waals surface area contributed by atoms with E-state index in [0.29, 0.717) is 32.1 Å². The number of hydrogen-bond donors (Lipinski definition) is 0. The number of benzene rings is 1. The van der Waals surface area contributed by atoms with Crippen LogP contribution in [0.25, 0.3) is 10.6 Å². The first kappa shape index (κ1) is 19.1. The van der Waals surface area contributed by atoms with Gasteiger partial charge >= 0.3 is 0 Å². The molecule has 3 heterocycles. The predicted molar refractivity (Wildman–Crippen MR) is 114 cm³/mol. The van der Waals surface area contributed by atoms with E-state index in [0.717, 1.165) is 40.4 Å². The Kier molecular flexibility index (Phi) is 5.16. The third-order valence-electron chi connectivity index (χ3n) is 5.73. The van der Waals surface area contributed by atoms with Crippen LogP contribution in [0, 0.1) is 5.82 Å². The number of piperazine rings is 1. The lowest BCUT2D eigenvalue weighted by atomic mass is 10.0. The number of nitrogens with zero attached hydrogens (tertiary/aromatic N) is 5. The van der Waals surface area contributed by atoms with Crippen LogP contribution in [0.3, 0.4) is 0 Å². The molecule has 1 saturated heterocycles. The second-order valence-corrected chi connectivity index (χ2v) is 8.70. The van der Waals surface area contributed by atoms with E-state index >= 15 is 0 Å². The monoisotopic (exact) mass is 423 g/mol. The summed E-state index contributed by atoms with van der Waals surface area (Å²) < 4.78 is 14.2. The van der Waals surface area contributed by atoms with Crippen molar-refractivity contribution in [3.05, 3.63) is 59.0 Å². The molecule has 2 aromatic heterocycles. The number of carbonyl (C=O) groups excluding carboxylic acids is 1. The Morgan fingerprint density at radius 1 is 1.10 bits per heavy atom. The molecule has 5 rings (SSSR count). The molecule has 8 heteroatoms. The standard InChI is InChI=1S/C22H22FN5OS/c23-18-11-15(1-4-17(18)16-2-3-16)12-22(29)28-9-7-27(8-10-28)21-6-5-19(25-26-21)20-13-24-14-30-20/h1,4-6,11,13-14,16H,2-3,7-10,12H2. The molecule has 0 unspecified atom stereocenters. The molecule has 30 heavy (non-hydrogen) atoms. The van der Waals surface area contributed by atoms with Crippen molar-refractivity contribution in [1.29, 1.82) is 0 Å². The average molecular weight is 424 g/mol. The van der Waals surface area contributed by atoms with Gasteiger partial charge in [0.1, 0.15) is 11.5 Å². The Morgan fingerprint density at radius 3 is 2.57 bits per heavy atom. The van der Waals surface area contributed by atoms with Gasteiger partial charge in [0.2, 0.25) is 5.91 Å². The molecule has 0 spiro atoms. The number of hydrogen-bond acceptors (Lipinski definition) is 6. The van der Waals surface area contributed by atoms with Crippen LogP contribution >= 0.6 is 11.3 Å². The second-order valence-electron chi connectivity index (χ2n) is 7.82. The largest absolute Gasteiger partial charge is 0.352 e. The molecule has 0 radical (unpaired) electrons. The molecule has 1 aliphatic heterocycles. The number of anilines is 1.